The van der Waals surface area contributed by atoms with Crippen molar-refractivity contribution in [3.05, 3.63) is 23.8 Å². The summed E-state index contributed by atoms with van der Waals surface area (Å²) in [5.41, 5.74) is 0.310. The molecule has 0 saturated carbocycles. The maximum atomic E-state index is 12.5. The second-order valence-electron chi connectivity index (χ2n) is 5.62. The van der Waals surface area contributed by atoms with Gasteiger partial charge in [-0.05, 0) is 25.0 Å². The molecule has 3 N–H and O–H groups in total. The number of nitrogens with zero attached hydrogens (tertiary/aromatic N) is 1. The zero-order valence-corrected chi connectivity index (χ0v) is 13.7. The van der Waals surface area contributed by atoms with Crippen LogP contribution in [0.1, 0.15) is 23.2 Å². The number of carbonyl (C=O) groups is 2. The molecule has 8 heteroatoms. The molecule has 2 rings (SSSR count). The summed E-state index contributed by atoms with van der Waals surface area (Å²) in [6, 6.07) is 4.07. The first-order valence-corrected chi connectivity index (χ1v) is 7.64. The number of rotatable bonds is 4. The number of likely N-dealkylation sites (tertiary alicyclic amines) is 1. The first kappa shape index (κ1) is 17.9. The molecule has 1 heterocycles. The van der Waals surface area contributed by atoms with Crippen molar-refractivity contribution in [2.75, 3.05) is 27.3 Å². The van der Waals surface area contributed by atoms with Crippen LogP contribution in [-0.4, -0.2) is 66.6 Å². The van der Waals surface area contributed by atoms with Gasteiger partial charge in [-0.25, -0.2) is 4.79 Å². The number of carboxylic acid groups (broad SMARTS) is 1. The number of hydrogen-bond acceptors (Lipinski definition) is 5. The molecule has 2 atom stereocenters. The zero-order chi connectivity index (χ0) is 17.7. The van der Waals surface area contributed by atoms with Gasteiger partial charge in [0.1, 0.15) is 11.5 Å². The highest BCUT2D eigenvalue weighted by Crippen LogP contribution is 2.23. The van der Waals surface area contributed by atoms with E-state index in [0.717, 1.165) is 0 Å². The Morgan fingerprint density at radius 3 is 2.38 bits per heavy atom. The molecule has 132 valence electrons. The lowest BCUT2D eigenvalue weighted by Gasteiger charge is -2.25. The minimum absolute atomic E-state index is 0.0450. The molecule has 1 fully saturated rings. The standard InChI is InChI=1S/C16H22N2O6/c1-23-11-6-10(7-12(8-11)24-2)15(20)17-13-9-18(16(21)22)5-3-4-14(13)19/h6-8,13-14,19H,3-5,9H2,1-2H3,(H,17,20)(H,21,22)/t13-,14-/m1/s1. The molecular weight excluding hydrogens is 316 g/mol. The van der Waals surface area contributed by atoms with Crippen LogP contribution in [0.2, 0.25) is 0 Å². The largest absolute Gasteiger partial charge is 0.497 e. The minimum Gasteiger partial charge on any atom is -0.497 e. The summed E-state index contributed by atoms with van der Waals surface area (Å²) >= 11 is 0. The lowest BCUT2D eigenvalue weighted by atomic mass is 10.1. The van der Waals surface area contributed by atoms with Gasteiger partial charge in [0.25, 0.3) is 5.91 Å². The third-order valence-electron chi connectivity index (χ3n) is 4.01. The van der Waals surface area contributed by atoms with Crippen LogP contribution in [0, 0.1) is 0 Å². The van der Waals surface area contributed by atoms with Crippen LogP contribution in [0.25, 0.3) is 0 Å². The third-order valence-corrected chi connectivity index (χ3v) is 4.01. The number of carbonyl (C=O) groups excluding carboxylic acids is 1. The molecule has 0 unspecified atom stereocenters. The molecule has 2 amide bonds. The van der Waals surface area contributed by atoms with E-state index in [1.807, 2.05) is 0 Å². The SMILES string of the molecule is COc1cc(OC)cc(C(=O)N[C@@H]2CN(C(=O)O)CCC[C@H]2O)c1. The molecule has 0 aromatic heterocycles. The summed E-state index contributed by atoms with van der Waals surface area (Å²) in [6.07, 6.45) is -0.889. The van der Waals surface area contributed by atoms with Crippen molar-refractivity contribution in [1.82, 2.24) is 10.2 Å². The normalized spacial score (nSPS) is 20.9. The highest BCUT2D eigenvalue weighted by molar-refractivity contribution is 5.95. The van der Waals surface area contributed by atoms with Crippen molar-refractivity contribution < 1.29 is 29.3 Å². The molecule has 1 saturated heterocycles. The minimum atomic E-state index is -1.06. The third kappa shape index (κ3) is 4.29. The van der Waals surface area contributed by atoms with E-state index in [2.05, 4.69) is 5.32 Å². The topological polar surface area (TPSA) is 108 Å². The Balaban J connectivity index is 2.16. The van der Waals surface area contributed by atoms with E-state index in [1.165, 1.54) is 19.1 Å². The van der Waals surface area contributed by atoms with Gasteiger partial charge in [-0.15, -0.1) is 0 Å². The number of aliphatic hydroxyl groups is 1. The van der Waals surface area contributed by atoms with Crippen molar-refractivity contribution in [2.45, 2.75) is 25.0 Å². The predicted octanol–water partition coefficient (Wildman–Crippen LogP) is 0.937. The van der Waals surface area contributed by atoms with E-state index in [4.69, 9.17) is 14.6 Å². The van der Waals surface area contributed by atoms with Crippen LogP contribution in [0.5, 0.6) is 11.5 Å². The van der Waals surface area contributed by atoms with Gasteiger partial charge in [-0.1, -0.05) is 0 Å². The van der Waals surface area contributed by atoms with Gasteiger partial charge < -0.3 is 29.9 Å². The molecule has 1 aromatic rings. The Bertz CT molecular complexity index is 584. The van der Waals surface area contributed by atoms with Crippen molar-refractivity contribution >= 4 is 12.0 Å². The second-order valence-corrected chi connectivity index (χ2v) is 5.62. The molecule has 0 aliphatic carbocycles. The van der Waals surface area contributed by atoms with Crippen LogP contribution in [0.3, 0.4) is 0 Å². The van der Waals surface area contributed by atoms with Gasteiger partial charge in [0.2, 0.25) is 0 Å². The van der Waals surface area contributed by atoms with Crippen LogP contribution >= 0.6 is 0 Å². The van der Waals surface area contributed by atoms with E-state index < -0.39 is 24.1 Å². The van der Waals surface area contributed by atoms with Crippen LogP contribution < -0.4 is 14.8 Å². The van der Waals surface area contributed by atoms with Gasteiger partial charge in [-0.3, -0.25) is 4.79 Å². The summed E-state index contributed by atoms with van der Waals surface area (Å²) in [7, 11) is 2.96. The van der Waals surface area contributed by atoms with E-state index in [1.54, 1.807) is 18.2 Å². The second kappa shape index (κ2) is 7.87. The van der Waals surface area contributed by atoms with E-state index in [-0.39, 0.29) is 6.54 Å². The lowest BCUT2D eigenvalue weighted by Crippen LogP contribution is -2.49. The Kier molecular flexibility index (Phi) is 5.86. The van der Waals surface area contributed by atoms with Gasteiger partial charge in [0.15, 0.2) is 0 Å². The van der Waals surface area contributed by atoms with Gasteiger partial charge in [-0.2, -0.15) is 0 Å². The van der Waals surface area contributed by atoms with E-state index in [9.17, 15) is 14.7 Å². The molecule has 0 radical (unpaired) electrons. The fourth-order valence-corrected chi connectivity index (χ4v) is 2.65. The quantitative estimate of drug-likeness (QED) is 0.754. The van der Waals surface area contributed by atoms with E-state index >= 15 is 0 Å². The zero-order valence-electron chi connectivity index (χ0n) is 13.7. The highest BCUT2D eigenvalue weighted by atomic mass is 16.5. The molecule has 0 spiro atoms. The number of amides is 2. The Hall–Kier alpha value is -2.48. The van der Waals surface area contributed by atoms with Crippen molar-refractivity contribution in [3.63, 3.8) is 0 Å². The number of hydrogen-bond donors (Lipinski definition) is 3. The lowest BCUT2D eigenvalue weighted by molar-refractivity contribution is 0.0791. The summed E-state index contributed by atoms with van der Waals surface area (Å²) < 4.78 is 10.3. The molecule has 0 bridgehead atoms. The molecule has 1 aliphatic heterocycles. The Morgan fingerprint density at radius 1 is 1.21 bits per heavy atom. The number of ether oxygens (including phenoxy) is 2. The molecule has 8 nitrogen and oxygen atoms in total. The number of nitrogens with one attached hydrogen (secondary N) is 1. The number of aliphatic hydroxyl groups excluding tert-OH is 1. The summed E-state index contributed by atoms with van der Waals surface area (Å²) in [5.74, 6) is 0.504. The van der Waals surface area contributed by atoms with Crippen LogP contribution in [0.4, 0.5) is 4.79 Å². The van der Waals surface area contributed by atoms with Crippen LogP contribution in [0.15, 0.2) is 18.2 Å². The average Bonchev–Trinajstić information content (AvgIpc) is 2.76. The maximum Gasteiger partial charge on any atom is 0.407 e. The monoisotopic (exact) mass is 338 g/mol. The van der Waals surface area contributed by atoms with Crippen molar-refractivity contribution in [2.24, 2.45) is 0 Å². The van der Waals surface area contributed by atoms with Crippen molar-refractivity contribution in [3.8, 4) is 11.5 Å². The first-order chi connectivity index (χ1) is 11.4. The average molecular weight is 338 g/mol. The Morgan fingerprint density at radius 2 is 1.83 bits per heavy atom. The summed E-state index contributed by atoms with van der Waals surface area (Å²) in [5, 5.41) is 22.0. The summed E-state index contributed by atoms with van der Waals surface area (Å²) in [4.78, 5) is 24.9. The molecule has 24 heavy (non-hydrogen) atoms. The Labute approximate surface area is 140 Å². The molecule has 1 aromatic carbocycles. The first-order valence-electron chi connectivity index (χ1n) is 7.64. The molecular formula is C16H22N2O6. The fraction of sp³-hybridized carbons (Fsp3) is 0.500. The molecule has 1 aliphatic rings. The van der Waals surface area contributed by atoms with Gasteiger partial charge in [0, 0.05) is 24.7 Å². The number of methoxy groups -OCH3 is 2. The maximum absolute atomic E-state index is 12.5. The van der Waals surface area contributed by atoms with Gasteiger partial charge in [0.05, 0.1) is 26.4 Å². The van der Waals surface area contributed by atoms with Gasteiger partial charge >= 0.3 is 6.09 Å². The smallest absolute Gasteiger partial charge is 0.407 e. The fourth-order valence-electron chi connectivity index (χ4n) is 2.65. The van der Waals surface area contributed by atoms with Crippen LogP contribution in [-0.2, 0) is 0 Å². The summed E-state index contributed by atoms with van der Waals surface area (Å²) in [6.45, 7) is 0.384. The number of benzene rings is 1. The van der Waals surface area contributed by atoms with E-state index in [0.29, 0.717) is 36.4 Å². The predicted molar refractivity (Wildman–Crippen MR) is 85.6 cm³/mol. The highest BCUT2D eigenvalue weighted by Gasteiger charge is 2.29. The van der Waals surface area contributed by atoms with Crippen molar-refractivity contribution in [1.29, 1.82) is 0 Å².